The number of phenols is 1. The molecular weight excluding hydrogens is 360 g/mol. The number of phenolic OH excluding ortho intramolecular Hbond substituents is 1. The van der Waals surface area contributed by atoms with Crippen molar-refractivity contribution in [1.82, 2.24) is 0 Å². The van der Waals surface area contributed by atoms with Gasteiger partial charge in [-0.2, -0.15) is 0 Å². The lowest BCUT2D eigenvalue weighted by atomic mass is 9.48. The SMILES string of the molecule is Oc1cc(-c2ccc(Br)cc2)cc(C23CC4CC(CC(C4)C2)C3)c1. The highest BCUT2D eigenvalue weighted by atomic mass is 79.9. The van der Waals surface area contributed by atoms with Crippen LogP contribution in [-0.4, -0.2) is 5.11 Å². The van der Waals surface area contributed by atoms with Gasteiger partial charge in [-0.25, -0.2) is 0 Å². The molecule has 6 rings (SSSR count). The summed E-state index contributed by atoms with van der Waals surface area (Å²) in [5.41, 5.74) is 4.05. The smallest absolute Gasteiger partial charge is 0.116 e. The van der Waals surface area contributed by atoms with Crippen LogP contribution in [-0.2, 0) is 5.41 Å². The summed E-state index contributed by atoms with van der Waals surface area (Å²) < 4.78 is 1.09. The number of hydrogen-bond donors (Lipinski definition) is 1. The van der Waals surface area contributed by atoms with E-state index in [4.69, 9.17) is 0 Å². The Bertz CT molecular complexity index is 742. The Hall–Kier alpha value is -1.28. The van der Waals surface area contributed by atoms with Crippen LogP contribution in [0.5, 0.6) is 5.75 Å². The molecule has 0 amide bonds. The second kappa shape index (κ2) is 5.36. The third-order valence-corrected chi connectivity index (χ3v) is 7.27. The summed E-state index contributed by atoms with van der Waals surface area (Å²) in [5, 5.41) is 10.4. The lowest BCUT2D eigenvalue weighted by Gasteiger charge is -2.57. The van der Waals surface area contributed by atoms with Crippen molar-refractivity contribution in [3.63, 3.8) is 0 Å². The van der Waals surface area contributed by atoms with Crippen molar-refractivity contribution in [3.05, 3.63) is 52.5 Å². The maximum atomic E-state index is 10.4. The van der Waals surface area contributed by atoms with Crippen molar-refractivity contribution in [3.8, 4) is 16.9 Å². The van der Waals surface area contributed by atoms with Gasteiger partial charge in [0, 0.05) is 4.47 Å². The van der Waals surface area contributed by atoms with Gasteiger partial charge in [0.15, 0.2) is 0 Å². The maximum Gasteiger partial charge on any atom is 0.116 e. The molecule has 1 N–H and O–H groups in total. The lowest BCUT2D eigenvalue weighted by molar-refractivity contribution is -0.00525. The Morgan fingerprint density at radius 3 is 1.96 bits per heavy atom. The minimum Gasteiger partial charge on any atom is -0.508 e. The van der Waals surface area contributed by atoms with Gasteiger partial charge in [0.2, 0.25) is 0 Å². The molecule has 24 heavy (non-hydrogen) atoms. The summed E-state index contributed by atoms with van der Waals surface area (Å²) in [6.07, 6.45) is 8.37. The predicted octanol–water partition coefficient (Wildman–Crippen LogP) is 6.29. The molecule has 0 saturated heterocycles. The summed E-state index contributed by atoms with van der Waals surface area (Å²) in [5.74, 6) is 3.19. The van der Waals surface area contributed by atoms with Crippen LogP contribution in [0.25, 0.3) is 11.1 Å². The quantitative estimate of drug-likeness (QED) is 0.646. The molecule has 2 aromatic rings. The van der Waals surface area contributed by atoms with Crippen molar-refractivity contribution >= 4 is 15.9 Å². The molecule has 0 radical (unpaired) electrons. The van der Waals surface area contributed by atoms with E-state index in [0.717, 1.165) is 27.8 Å². The van der Waals surface area contributed by atoms with Gasteiger partial charge in [0.05, 0.1) is 0 Å². The average Bonchev–Trinajstić information content (AvgIpc) is 2.54. The normalized spacial score (nSPS) is 33.8. The molecule has 0 heterocycles. The number of benzene rings is 2. The first-order valence-corrected chi connectivity index (χ1v) is 9.99. The molecule has 0 spiro atoms. The van der Waals surface area contributed by atoms with Gasteiger partial charge in [0.1, 0.15) is 5.75 Å². The average molecular weight is 383 g/mol. The van der Waals surface area contributed by atoms with E-state index in [1.807, 2.05) is 6.07 Å². The molecule has 4 saturated carbocycles. The zero-order chi connectivity index (χ0) is 16.3. The lowest BCUT2D eigenvalue weighted by Crippen LogP contribution is -2.48. The van der Waals surface area contributed by atoms with Crippen LogP contribution >= 0.6 is 15.9 Å². The van der Waals surface area contributed by atoms with E-state index in [2.05, 4.69) is 52.3 Å². The first kappa shape index (κ1) is 15.0. The summed E-state index contributed by atoms with van der Waals surface area (Å²) in [7, 11) is 0. The molecule has 124 valence electrons. The second-order valence-corrected chi connectivity index (χ2v) is 9.39. The number of aromatic hydroxyl groups is 1. The van der Waals surface area contributed by atoms with E-state index < -0.39 is 0 Å². The number of hydrogen-bond acceptors (Lipinski definition) is 1. The molecule has 0 unspecified atom stereocenters. The molecule has 1 nitrogen and oxygen atoms in total. The zero-order valence-electron chi connectivity index (χ0n) is 13.8. The zero-order valence-corrected chi connectivity index (χ0v) is 15.4. The predicted molar refractivity (Wildman–Crippen MR) is 101 cm³/mol. The Kier molecular flexibility index (Phi) is 3.35. The van der Waals surface area contributed by atoms with Crippen LogP contribution < -0.4 is 0 Å². The van der Waals surface area contributed by atoms with Gasteiger partial charge in [-0.3, -0.25) is 0 Å². The van der Waals surface area contributed by atoms with Gasteiger partial charge in [-0.1, -0.05) is 34.1 Å². The van der Waals surface area contributed by atoms with Crippen molar-refractivity contribution in [1.29, 1.82) is 0 Å². The fraction of sp³-hybridized carbons (Fsp3) is 0.455. The van der Waals surface area contributed by atoms with Gasteiger partial charge in [-0.05, 0) is 103 Å². The maximum absolute atomic E-state index is 10.4. The van der Waals surface area contributed by atoms with E-state index in [1.54, 1.807) is 0 Å². The van der Waals surface area contributed by atoms with Crippen LogP contribution in [0.2, 0.25) is 0 Å². The number of halogens is 1. The standard InChI is InChI=1S/C22H23BrO/c23-20-3-1-17(2-4-20)18-8-19(10-21(24)9-18)22-11-14-5-15(12-22)7-16(6-14)13-22/h1-4,8-10,14-16,24H,5-7,11-13H2. The van der Waals surface area contributed by atoms with Crippen LogP contribution in [0.4, 0.5) is 0 Å². The Labute approximate surface area is 152 Å². The van der Waals surface area contributed by atoms with Crippen LogP contribution in [0.1, 0.15) is 44.1 Å². The fourth-order valence-corrected chi connectivity index (χ4v) is 6.45. The van der Waals surface area contributed by atoms with Crippen molar-refractivity contribution in [2.75, 3.05) is 0 Å². The molecule has 4 aliphatic rings. The van der Waals surface area contributed by atoms with Crippen molar-refractivity contribution in [2.45, 2.75) is 43.9 Å². The molecule has 0 aliphatic heterocycles. The molecule has 4 fully saturated rings. The molecule has 4 bridgehead atoms. The summed E-state index contributed by atoms with van der Waals surface area (Å²) in [4.78, 5) is 0. The fourth-order valence-electron chi connectivity index (χ4n) is 6.19. The van der Waals surface area contributed by atoms with Crippen molar-refractivity contribution in [2.24, 2.45) is 17.8 Å². The van der Waals surface area contributed by atoms with E-state index in [0.29, 0.717) is 11.2 Å². The highest BCUT2D eigenvalue weighted by Crippen LogP contribution is 2.61. The van der Waals surface area contributed by atoms with E-state index in [9.17, 15) is 5.11 Å². The van der Waals surface area contributed by atoms with E-state index in [-0.39, 0.29) is 0 Å². The second-order valence-electron chi connectivity index (χ2n) is 8.47. The molecule has 0 aromatic heterocycles. The topological polar surface area (TPSA) is 20.2 Å². The summed E-state index contributed by atoms with van der Waals surface area (Å²) in [6.45, 7) is 0. The van der Waals surface area contributed by atoms with Gasteiger partial charge < -0.3 is 5.11 Å². The van der Waals surface area contributed by atoms with Crippen LogP contribution in [0, 0.1) is 17.8 Å². The van der Waals surface area contributed by atoms with E-state index in [1.165, 1.54) is 49.7 Å². The summed E-state index contributed by atoms with van der Waals surface area (Å²) >= 11 is 3.51. The molecule has 2 heteroatoms. The molecular formula is C22H23BrO. The molecule has 2 aromatic carbocycles. The molecule has 0 atom stereocenters. The third kappa shape index (κ3) is 2.42. The van der Waals surface area contributed by atoms with Crippen LogP contribution in [0.3, 0.4) is 0 Å². The monoisotopic (exact) mass is 382 g/mol. The highest BCUT2D eigenvalue weighted by molar-refractivity contribution is 9.10. The van der Waals surface area contributed by atoms with Gasteiger partial charge >= 0.3 is 0 Å². The van der Waals surface area contributed by atoms with E-state index >= 15 is 0 Å². The van der Waals surface area contributed by atoms with Gasteiger partial charge in [-0.15, -0.1) is 0 Å². The number of rotatable bonds is 2. The summed E-state index contributed by atoms with van der Waals surface area (Å²) in [6, 6.07) is 14.7. The largest absolute Gasteiger partial charge is 0.508 e. The highest BCUT2D eigenvalue weighted by Gasteiger charge is 2.51. The Morgan fingerprint density at radius 2 is 1.38 bits per heavy atom. The Morgan fingerprint density at radius 1 is 0.792 bits per heavy atom. The first-order valence-electron chi connectivity index (χ1n) is 9.20. The Balaban J connectivity index is 1.58. The third-order valence-electron chi connectivity index (χ3n) is 6.75. The minimum absolute atomic E-state index is 0.331. The van der Waals surface area contributed by atoms with Gasteiger partial charge in [0.25, 0.3) is 0 Å². The van der Waals surface area contributed by atoms with Crippen molar-refractivity contribution < 1.29 is 5.11 Å². The minimum atomic E-state index is 0.331. The first-order chi connectivity index (χ1) is 11.6. The molecule has 4 aliphatic carbocycles. The van der Waals surface area contributed by atoms with Crippen LogP contribution in [0.15, 0.2) is 46.9 Å².